The van der Waals surface area contributed by atoms with Crippen LogP contribution in [0, 0.1) is 12.8 Å². The van der Waals surface area contributed by atoms with Crippen LogP contribution in [0.5, 0.6) is 0 Å². The van der Waals surface area contributed by atoms with Crippen molar-refractivity contribution in [1.29, 1.82) is 0 Å². The van der Waals surface area contributed by atoms with Crippen LogP contribution in [0.1, 0.15) is 42.1 Å². The Balaban J connectivity index is 1.46. The maximum absolute atomic E-state index is 13.2. The van der Waals surface area contributed by atoms with Crippen LogP contribution in [0.15, 0.2) is 24.5 Å². The number of pyridine rings is 1. The zero-order chi connectivity index (χ0) is 21.3. The summed E-state index contributed by atoms with van der Waals surface area (Å²) in [5.74, 6) is -0.0286. The Bertz CT molecular complexity index is 906. The predicted molar refractivity (Wildman–Crippen MR) is 115 cm³/mol. The fraction of sp³-hybridized carbons (Fsp3) is 0.545. The monoisotopic (exact) mass is 428 g/mol. The van der Waals surface area contributed by atoms with Gasteiger partial charge in [-0.25, -0.2) is 4.98 Å². The van der Waals surface area contributed by atoms with Gasteiger partial charge >= 0.3 is 0 Å². The minimum atomic E-state index is -0.147. The molecule has 2 aliphatic rings. The van der Waals surface area contributed by atoms with E-state index in [0.717, 1.165) is 29.1 Å². The van der Waals surface area contributed by atoms with E-state index in [1.54, 1.807) is 12.4 Å². The first-order valence-electron chi connectivity index (χ1n) is 10.5. The lowest BCUT2D eigenvalue weighted by Crippen LogP contribution is -2.53. The number of thiazole rings is 1. The largest absolute Gasteiger partial charge is 0.372 e. The highest BCUT2D eigenvalue weighted by Crippen LogP contribution is 2.30. The summed E-state index contributed by atoms with van der Waals surface area (Å²) in [6.45, 7) is 8.26. The fourth-order valence-electron chi connectivity index (χ4n) is 4.33. The molecule has 2 aliphatic heterocycles. The van der Waals surface area contributed by atoms with Gasteiger partial charge in [-0.2, -0.15) is 0 Å². The van der Waals surface area contributed by atoms with Crippen molar-refractivity contribution in [2.45, 2.75) is 45.8 Å². The average molecular weight is 429 g/mol. The first kappa shape index (κ1) is 20.9. The highest BCUT2D eigenvalue weighted by atomic mass is 32.1. The van der Waals surface area contributed by atoms with Crippen molar-refractivity contribution in [2.24, 2.45) is 5.92 Å². The van der Waals surface area contributed by atoms with Crippen molar-refractivity contribution in [3.8, 4) is 10.6 Å². The quantitative estimate of drug-likeness (QED) is 0.751. The summed E-state index contributed by atoms with van der Waals surface area (Å²) in [4.78, 5) is 39.5. The second kappa shape index (κ2) is 8.81. The molecule has 3 atom stereocenters. The summed E-state index contributed by atoms with van der Waals surface area (Å²) in [6, 6.07) is 3.81. The highest BCUT2D eigenvalue weighted by Gasteiger charge is 2.35. The Morgan fingerprint density at radius 2 is 1.93 bits per heavy atom. The van der Waals surface area contributed by atoms with Crippen LogP contribution in [0.4, 0.5) is 0 Å². The second-order valence-electron chi connectivity index (χ2n) is 8.27. The van der Waals surface area contributed by atoms with E-state index in [-0.39, 0.29) is 29.9 Å². The van der Waals surface area contributed by atoms with Gasteiger partial charge in [0, 0.05) is 44.1 Å². The smallest absolute Gasteiger partial charge is 0.265 e. The van der Waals surface area contributed by atoms with Gasteiger partial charge < -0.3 is 14.5 Å². The molecule has 0 saturated carbocycles. The number of nitrogens with zero attached hydrogens (tertiary/aromatic N) is 4. The molecule has 7 nitrogen and oxygen atoms in total. The predicted octanol–water partition coefficient (Wildman–Crippen LogP) is 3.00. The summed E-state index contributed by atoms with van der Waals surface area (Å²) in [5, 5.41) is 0.796. The molecule has 160 valence electrons. The Labute approximate surface area is 181 Å². The minimum absolute atomic E-state index is 0.0265. The van der Waals surface area contributed by atoms with Gasteiger partial charge in [0.15, 0.2) is 0 Å². The Morgan fingerprint density at radius 3 is 2.63 bits per heavy atom. The molecule has 2 fully saturated rings. The average Bonchev–Trinajstić information content (AvgIpc) is 3.14. The maximum Gasteiger partial charge on any atom is 0.265 e. The third kappa shape index (κ3) is 4.39. The molecule has 0 aromatic carbocycles. The van der Waals surface area contributed by atoms with E-state index in [1.165, 1.54) is 11.3 Å². The molecule has 0 N–H and O–H groups in total. The number of amides is 2. The van der Waals surface area contributed by atoms with E-state index in [0.29, 0.717) is 31.1 Å². The van der Waals surface area contributed by atoms with Gasteiger partial charge in [0.1, 0.15) is 9.88 Å². The molecule has 0 spiro atoms. The lowest BCUT2D eigenvalue weighted by molar-refractivity contribution is -0.148. The van der Waals surface area contributed by atoms with E-state index in [9.17, 15) is 9.59 Å². The van der Waals surface area contributed by atoms with E-state index < -0.39 is 0 Å². The number of aryl methyl sites for hydroxylation is 1. The molecular formula is C22H28N4O3S. The van der Waals surface area contributed by atoms with Crippen LogP contribution in [-0.2, 0) is 9.53 Å². The van der Waals surface area contributed by atoms with Crippen molar-refractivity contribution in [3.63, 3.8) is 0 Å². The standard InChI is InChI=1S/C22H28N4O3S/c1-14-11-26(12-15(2)29-14)21(27)18-7-5-9-25(13-18)22(28)19-16(3)24-20(30-19)17-6-4-8-23-10-17/h4,6,8,10,14-15,18H,5,7,9,11-13H2,1-3H3. The number of carbonyl (C=O) groups excluding carboxylic acids is 2. The minimum Gasteiger partial charge on any atom is -0.372 e. The summed E-state index contributed by atoms with van der Waals surface area (Å²) in [6.07, 6.45) is 5.23. The number of piperidine rings is 1. The van der Waals surface area contributed by atoms with Crippen LogP contribution < -0.4 is 0 Å². The van der Waals surface area contributed by atoms with Gasteiger partial charge in [-0.1, -0.05) is 0 Å². The summed E-state index contributed by atoms with van der Waals surface area (Å²) < 4.78 is 5.75. The van der Waals surface area contributed by atoms with Crippen molar-refractivity contribution in [1.82, 2.24) is 19.8 Å². The summed E-state index contributed by atoms with van der Waals surface area (Å²) >= 11 is 1.40. The van der Waals surface area contributed by atoms with Crippen molar-refractivity contribution < 1.29 is 14.3 Å². The van der Waals surface area contributed by atoms with Crippen LogP contribution in [0.3, 0.4) is 0 Å². The molecule has 30 heavy (non-hydrogen) atoms. The third-order valence-corrected chi connectivity index (χ3v) is 6.88. The molecule has 4 rings (SSSR count). The number of carbonyl (C=O) groups is 2. The first-order chi connectivity index (χ1) is 14.4. The number of hydrogen-bond acceptors (Lipinski definition) is 6. The van der Waals surface area contributed by atoms with E-state index in [4.69, 9.17) is 4.74 Å². The fourth-order valence-corrected chi connectivity index (χ4v) is 5.35. The number of rotatable bonds is 3. The second-order valence-corrected chi connectivity index (χ2v) is 9.27. The molecular weight excluding hydrogens is 400 g/mol. The van der Waals surface area contributed by atoms with Gasteiger partial charge in [-0.15, -0.1) is 11.3 Å². The third-order valence-electron chi connectivity index (χ3n) is 5.69. The Hall–Kier alpha value is -2.32. The van der Waals surface area contributed by atoms with Crippen LogP contribution in [0.2, 0.25) is 0 Å². The van der Waals surface area contributed by atoms with Gasteiger partial charge in [0.2, 0.25) is 5.91 Å². The lowest BCUT2D eigenvalue weighted by atomic mass is 9.95. The summed E-state index contributed by atoms with van der Waals surface area (Å²) in [7, 11) is 0. The summed E-state index contributed by atoms with van der Waals surface area (Å²) in [5.41, 5.74) is 1.64. The number of ether oxygens (including phenoxy) is 1. The zero-order valence-corrected chi connectivity index (χ0v) is 18.5. The highest BCUT2D eigenvalue weighted by molar-refractivity contribution is 7.17. The molecule has 8 heteroatoms. The number of morpholine rings is 1. The van der Waals surface area contributed by atoms with Crippen LogP contribution >= 0.6 is 11.3 Å². The van der Waals surface area contributed by atoms with Gasteiger partial charge in [-0.05, 0) is 45.7 Å². The molecule has 4 heterocycles. The first-order valence-corrected chi connectivity index (χ1v) is 11.4. The zero-order valence-electron chi connectivity index (χ0n) is 17.7. The molecule has 2 aromatic rings. The molecule has 2 saturated heterocycles. The van der Waals surface area contributed by atoms with Gasteiger partial charge in [-0.3, -0.25) is 14.6 Å². The number of likely N-dealkylation sites (tertiary alicyclic amines) is 1. The topological polar surface area (TPSA) is 75.6 Å². The van der Waals surface area contributed by atoms with E-state index >= 15 is 0 Å². The molecule has 0 radical (unpaired) electrons. The normalized spacial score (nSPS) is 24.7. The SMILES string of the molecule is Cc1nc(-c2cccnc2)sc1C(=O)N1CCCC(C(=O)N2CC(C)OC(C)C2)C1. The maximum atomic E-state index is 13.2. The van der Waals surface area contributed by atoms with Crippen LogP contribution in [-0.4, -0.2) is 70.0 Å². The van der Waals surface area contributed by atoms with E-state index in [2.05, 4.69) is 9.97 Å². The van der Waals surface area contributed by atoms with Crippen molar-refractivity contribution >= 4 is 23.2 Å². The van der Waals surface area contributed by atoms with Crippen molar-refractivity contribution in [3.05, 3.63) is 35.1 Å². The van der Waals surface area contributed by atoms with Gasteiger partial charge in [0.05, 0.1) is 23.8 Å². The van der Waals surface area contributed by atoms with Gasteiger partial charge in [0.25, 0.3) is 5.91 Å². The van der Waals surface area contributed by atoms with E-state index in [1.807, 2.05) is 42.7 Å². The van der Waals surface area contributed by atoms with Crippen molar-refractivity contribution in [2.75, 3.05) is 26.2 Å². The Morgan fingerprint density at radius 1 is 1.17 bits per heavy atom. The number of hydrogen-bond donors (Lipinski definition) is 0. The molecule has 2 aromatic heterocycles. The number of aromatic nitrogens is 2. The molecule has 0 aliphatic carbocycles. The lowest BCUT2D eigenvalue weighted by Gasteiger charge is -2.39. The molecule has 2 amide bonds. The molecule has 3 unspecified atom stereocenters. The molecule has 0 bridgehead atoms. The Kier molecular flexibility index (Phi) is 6.15. The van der Waals surface area contributed by atoms with Crippen LogP contribution in [0.25, 0.3) is 10.6 Å².